The van der Waals surface area contributed by atoms with Crippen LogP contribution in [0.3, 0.4) is 0 Å². The molecule has 1 heterocycles. The minimum atomic E-state index is -0.269. The Morgan fingerprint density at radius 3 is 2.77 bits per heavy atom. The molecule has 1 unspecified atom stereocenters. The molecule has 0 saturated carbocycles. The third-order valence-corrected chi connectivity index (χ3v) is 3.42. The number of benzene rings is 1. The van der Waals surface area contributed by atoms with Crippen molar-refractivity contribution >= 4 is 6.03 Å². The maximum atomic E-state index is 12.1. The average Bonchev–Trinajstić information content (AvgIpc) is 2.95. The molecule has 0 aliphatic heterocycles. The van der Waals surface area contributed by atoms with Crippen LogP contribution in [0.5, 0.6) is 0 Å². The van der Waals surface area contributed by atoms with E-state index >= 15 is 0 Å². The van der Waals surface area contributed by atoms with Crippen molar-refractivity contribution in [3.05, 3.63) is 53.7 Å². The fourth-order valence-electron chi connectivity index (χ4n) is 2.17. The van der Waals surface area contributed by atoms with E-state index in [2.05, 4.69) is 15.6 Å². The number of carbonyl (C=O) groups excluding carboxylic acids is 1. The van der Waals surface area contributed by atoms with Crippen LogP contribution < -0.4 is 10.6 Å². The van der Waals surface area contributed by atoms with E-state index in [4.69, 9.17) is 9.52 Å². The van der Waals surface area contributed by atoms with E-state index in [0.717, 1.165) is 5.56 Å². The van der Waals surface area contributed by atoms with Gasteiger partial charge in [0.05, 0.1) is 12.6 Å². The Balaban J connectivity index is 1.91. The molecule has 0 radical (unpaired) electrons. The zero-order valence-corrected chi connectivity index (χ0v) is 12.6. The number of oxazole rings is 1. The molecule has 1 atom stereocenters. The summed E-state index contributed by atoms with van der Waals surface area (Å²) in [6, 6.07) is 9.31. The Kier molecular flexibility index (Phi) is 5.97. The zero-order valence-electron chi connectivity index (χ0n) is 12.6. The van der Waals surface area contributed by atoms with Gasteiger partial charge in [0.15, 0.2) is 6.39 Å². The van der Waals surface area contributed by atoms with Crippen LogP contribution in [0.25, 0.3) is 0 Å². The Hall–Kier alpha value is -2.34. The van der Waals surface area contributed by atoms with Gasteiger partial charge in [0, 0.05) is 6.61 Å². The molecule has 0 aliphatic carbocycles. The smallest absolute Gasteiger partial charge is 0.315 e. The highest BCUT2D eigenvalue weighted by Gasteiger charge is 2.14. The lowest BCUT2D eigenvalue weighted by Crippen LogP contribution is -2.37. The van der Waals surface area contributed by atoms with Gasteiger partial charge in [-0.15, -0.1) is 0 Å². The van der Waals surface area contributed by atoms with E-state index < -0.39 is 0 Å². The Bertz CT molecular complexity index is 583. The molecular weight excluding hydrogens is 282 g/mol. The number of hydrogen-bond acceptors (Lipinski definition) is 4. The quantitative estimate of drug-likeness (QED) is 0.732. The van der Waals surface area contributed by atoms with Gasteiger partial charge in [0.1, 0.15) is 11.5 Å². The molecule has 0 spiro atoms. The van der Waals surface area contributed by atoms with Crippen LogP contribution in [0.4, 0.5) is 4.79 Å². The van der Waals surface area contributed by atoms with Crippen LogP contribution in [0, 0.1) is 6.92 Å². The Labute approximate surface area is 129 Å². The number of carbonyl (C=O) groups is 1. The van der Waals surface area contributed by atoms with Crippen LogP contribution in [0.2, 0.25) is 0 Å². The fourth-order valence-corrected chi connectivity index (χ4v) is 2.17. The number of rotatable bonds is 7. The molecule has 6 heteroatoms. The first kappa shape index (κ1) is 16.0. The molecular formula is C16H21N3O3. The van der Waals surface area contributed by atoms with Crippen LogP contribution in [-0.2, 0) is 6.54 Å². The molecule has 3 N–H and O–H groups in total. The van der Waals surface area contributed by atoms with E-state index in [9.17, 15) is 4.79 Å². The first-order valence-corrected chi connectivity index (χ1v) is 7.30. The minimum absolute atomic E-state index is 0.102. The van der Waals surface area contributed by atoms with Crippen molar-refractivity contribution in [3.8, 4) is 0 Å². The highest BCUT2D eigenvalue weighted by Crippen LogP contribution is 2.17. The largest absolute Gasteiger partial charge is 0.448 e. The summed E-state index contributed by atoms with van der Waals surface area (Å²) < 4.78 is 5.09. The van der Waals surface area contributed by atoms with Gasteiger partial charge in [0.25, 0.3) is 0 Å². The minimum Gasteiger partial charge on any atom is -0.448 e. The van der Waals surface area contributed by atoms with Crippen molar-refractivity contribution in [2.24, 2.45) is 0 Å². The number of urea groups is 1. The Morgan fingerprint density at radius 2 is 2.14 bits per heavy atom. The first-order chi connectivity index (χ1) is 10.7. The third-order valence-electron chi connectivity index (χ3n) is 3.42. The molecule has 0 bridgehead atoms. The highest BCUT2D eigenvalue weighted by molar-refractivity contribution is 5.74. The van der Waals surface area contributed by atoms with E-state index in [0.29, 0.717) is 30.8 Å². The van der Waals surface area contributed by atoms with Gasteiger partial charge >= 0.3 is 6.03 Å². The first-order valence-electron chi connectivity index (χ1n) is 7.30. The van der Waals surface area contributed by atoms with Crippen molar-refractivity contribution in [2.45, 2.75) is 32.4 Å². The van der Waals surface area contributed by atoms with Crippen LogP contribution in [0.15, 0.2) is 41.1 Å². The fraction of sp³-hybridized carbons (Fsp3) is 0.375. The van der Waals surface area contributed by atoms with E-state index in [1.807, 2.05) is 30.3 Å². The number of hydrogen-bond donors (Lipinski definition) is 3. The van der Waals surface area contributed by atoms with Gasteiger partial charge in [0.2, 0.25) is 0 Å². The summed E-state index contributed by atoms with van der Waals surface area (Å²) in [4.78, 5) is 16.1. The second kappa shape index (κ2) is 8.19. The predicted molar refractivity (Wildman–Crippen MR) is 82.1 cm³/mol. The van der Waals surface area contributed by atoms with Crippen LogP contribution in [0.1, 0.15) is 35.9 Å². The zero-order chi connectivity index (χ0) is 15.8. The second-order valence-corrected chi connectivity index (χ2v) is 5.01. The number of nitrogens with one attached hydrogen (secondary N) is 2. The summed E-state index contributed by atoms with van der Waals surface area (Å²) in [5, 5.41) is 14.7. The maximum absolute atomic E-state index is 12.1. The van der Waals surface area contributed by atoms with Crippen molar-refractivity contribution in [1.29, 1.82) is 0 Å². The average molecular weight is 303 g/mol. The Morgan fingerprint density at radius 1 is 1.36 bits per heavy atom. The molecule has 0 saturated heterocycles. The third kappa shape index (κ3) is 4.60. The van der Waals surface area contributed by atoms with Crippen LogP contribution in [-0.4, -0.2) is 22.7 Å². The molecule has 1 aromatic carbocycles. The molecule has 22 heavy (non-hydrogen) atoms. The van der Waals surface area contributed by atoms with Crippen molar-refractivity contribution < 1.29 is 14.3 Å². The van der Waals surface area contributed by atoms with E-state index in [1.165, 1.54) is 6.39 Å². The van der Waals surface area contributed by atoms with Gasteiger partial charge in [-0.05, 0) is 25.3 Å². The van der Waals surface area contributed by atoms with Crippen molar-refractivity contribution in [1.82, 2.24) is 15.6 Å². The van der Waals surface area contributed by atoms with Gasteiger partial charge in [-0.1, -0.05) is 30.3 Å². The van der Waals surface area contributed by atoms with Crippen molar-refractivity contribution in [2.75, 3.05) is 6.61 Å². The van der Waals surface area contributed by atoms with E-state index in [-0.39, 0.29) is 18.7 Å². The molecule has 2 rings (SSSR count). The number of amides is 2. The van der Waals surface area contributed by atoms with Crippen LogP contribution >= 0.6 is 0 Å². The molecule has 0 fully saturated rings. The topological polar surface area (TPSA) is 87.4 Å². The summed E-state index contributed by atoms with van der Waals surface area (Å²) in [6.45, 7) is 2.22. The van der Waals surface area contributed by atoms with Gasteiger partial charge in [-0.25, -0.2) is 9.78 Å². The lowest BCUT2D eigenvalue weighted by Gasteiger charge is -2.19. The normalized spacial score (nSPS) is 11.9. The molecule has 2 aromatic rings. The highest BCUT2D eigenvalue weighted by atomic mass is 16.3. The second-order valence-electron chi connectivity index (χ2n) is 5.01. The molecule has 118 valence electrons. The summed E-state index contributed by atoms with van der Waals surface area (Å²) in [5.74, 6) is 0.695. The predicted octanol–water partition coefficient (Wildman–Crippen LogP) is 2.30. The SMILES string of the molecule is Cc1ocnc1CNC(=O)NC(CCCO)c1ccccc1. The number of nitrogens with zero attached hydrogens (tertiary/aromatic N) is 1. The lowest BCUT2D eigenvalue weighted by atomic mass is 10.0. The standard InChI is InChI=1S/C16H21N3O3/c1-12-15(18-11-22-12)10-17-16(21)19-14(8-5-9-20)13-6-3-2-4-7-13/h2-4,6-7,11,14,20H,5,8-10H2,1H3,(H2,17,19,21). The lowest BCUT2D eigenvalue weighted by molar-refractivity contribution is 0.232. The number of aliphatic hydroxyl groups excluding tert-OH is 1. The van der Waals surface area contributed by atoms with Gasteiger partial charge in [-0.3, -0.25) is 0 Å². The van der Waals surface area contributed by atoms with Crippen molar-refractivity contribution in [3.63, 3.8) is 0 Å². The number of aliphatic hydroxyl groups is 1. The van der Waals surface area contributed by atoms with E-state index in [1.54, 1.807) is 6.92 Å². The number of aryl methyl sites for hydroxylation is 1. The monoisotopic (exact) mass is 303 g/mol. The number of aromatic nitrogens is 1. The van der Waals surface area contributed by atoms with Gasteiger partial charge in [-0.2, -0.15) is 0 Å². The summed E-state index contributed by atoms with van der Waals surface area (Å²) >= 11 is 0. The summed E-state index contributed by atoms with van der Waals surface area (Å²) in [5.41, 5.74) is 1.73. The summed E-state index contributed by atoms with van der Waals surface area (Å²) in [7, 11) is 0. The molecule has 6 nitrogen and oxygen atoms in total. The summed E-state index contributed by atoms with van der Waals surface area (Å²) in [6.07, 6.45) is 2.66. The maximum Gasteiger partial charge on any atom is 0.315 e. The molecule has 1 aromatic heterocycles. The molecule has 0 aliphatic rings. The molecule has 2 amide bonds. The van der Waals surface area contributed by atoms with Gasteiger partial charge < -0.3 is 20.2 Å².